The lowest BCUT2D eigenvalue weighted by Gasteiger charge is -2.27. The van der Waals surface area contributed by atoms with E-state index in [4.69, 9.17) is 11.5 Å². The molecule has 0 saturated heterocycles. The molecule has 5 nitrogen and oxygen atoms in total. The van der Waals surface area contributed by atoms with Crippen LogP contribution in [0, 0.1) is 5.92 Å². The molecule has 1 amide bonds. The minimum Gasteiger partial charge on any atom is -0.396 e. The first-order chi connectivity index (χ1) is 7.90. The number of rotatable bonds is 4. The van der Waals surface area contributed by atoms with E-state index in [1.54, 1.807) is 6.07 Å². The average Bonchev–Trinajstić information content (AvgIpc) is 3.04. The maximum atomic E-state index is 11.1. The van der Waals surface area contributed by atoms with Crippen molar-refractivity contribution < 1.29 is 4.79 Å². The van der Waals surface area contributed by atoms with E-state index in [9.17, 15) is 4.79 Å². The number of nitrogens with zero attached hydrogens (tertiary/aromatic N) is 1. The van der Waals surface area contributed by atoms with Crippen molar-refractivity contribution in [1.29, 1.82) is 0 Å². The normalized spacial score (nSPS) is 15.6. The van der Waals surface area contributed by atoms with Crippen LogP contribution in [0.1, 0.15) is 37.2 Å². The highest BCUT2D eigenvalue weighted by Gasteiger charge is 2.38. The average molecular weight is 234 g/mol. The lowest BCUT2D eigenvalue weighted by atomic mass is 9.99. The summed E-state index contributed by atoms with van der Waals surface area (Å²) in [5.74, 6) is 0.636. The third kappa shape index (κ3) is 2.49. The number of primary amides is 1. The van der Waals surface area contributed by atoms with Gasteiger partial charge in [0.15, 0.2) is 5.82 Å². The molecule has 1 fully saturated rings. The fourth-order valence-corrected chi connectivity index (χ4v) is 1.92. The van der Waals surface area contributed by atoms with Gasteiger partial charge < -0.3 is 16.8 Å². The third-order valence-electron chi connectivity index (χ3n) is 3.22. The third-order valence-corrected chi connectivity index (χ3v) is 3.22. The van der Waals surface area contributed by atoms with Crippen molar-refractivity contribution in [2.75, 3.05) is 11.1 Å². The molecule has 1 aliphatic rings. The van der Waals surface area contributed by atoms with Crippen LogP contribution in [0.3, 0.4) is 0 Å². The van der Waals surface area contributed by atoms with Crippen LogP contribution in [-0.2, 0) is 0 Å². The van der Waals surface area contributed by atoms with Crippen LogP contribution >= 0.6 is 0 Å². The van der Waals surface area contributed by atoms with Crippen LogP contribution in [-0.4, -0.2) is 16.4 Å². The van der Waals surface area contributed by atoms with Crippen LogP contribution in [0.2, 0.25) is 0 Å². The second kappa shape index (κ2) is 3.91. The Morgan fingerprint density at radius 1 is 1.47 bits per heavy atom. The molecule has 1 aromatic heterocycles. The number of pyridine rings is 1. The van der Waals surface area contributed by atoms with Gasteiger partial charge >= 0.3 is 0 Å². The van der Waals surface area contributed by atoms with Crippen LogP contribution in [0.15, 0.2) is 12.1 Å². The zero-order valence-electron chi connectivity index (χ0n) is 10.2. The smallest absolute Gasteiger partial charge is 0.267 e. The van der Waals surface area contributed by atoms with Crippen molar-refractivity contribution in [1.82, 2.24) is 4.98 Å². The Morgan fingerprint density at radius 2 is 2.12 bits per heavy atom. The van der Waals surface area contributed by atoms with Gasteiger partial charge in [-0.25, -0.2) is 4.98 Å². The molecule has 17 heavy (non-hydrogen) atoms. The largest absolute Gasteiger partial charge is 0.396 e. The first-order valence-electron chi connectivity index (χ1n) is 5.74. The summed E-state index contributed by atoms with van der Waals surface area (Å²) in [6, 6.07) is 3.19. The van der Waals surface area contributed by atoms with Gasteiger partial charge in [-0.1, -0.05) is 0 Å². The summed E-state index contributed by atoms with van der Waals surface area (Å²) in [4.78, 5) is 15.2. The zero-order chi connectivity index (χ0) is 12.6. The van der Waals surface area contributed by atoms with Gasteiger partial charge in [0.2, 0.25) is 0 Å². The molecule has 0 aromatic carbocycles. The SMILES string of the molecule is CC(C)(Nc1nc(C(N)=O)ccc1N)C1CC1. The van der Waals surface area contributed by atoms with Crippen LogP contribution < -0.4 is 16.8 Å². The Labute approximate surface area is 101 Å². The topological polar surface area (TPSA) is 94.0 Å². The van der Waals surface area contributed by atoms with Crippen molar-refractivity contribution in [3.63, 3.8) is 0 Å². The summed E-state index contributed by atoms with van der Waals surface area (Å²) in [7, 11) is 0. The van der Waals surface area contributed by atoms with Gasteiger partial charge in [-0.3, -0.25) is 4.79 Å². The molecule has 5 heteroatoms. The van der Waals surface area contributed by atoms with Crippen LogP contribution in [0.25, 0.3) is 0 Å². The van der Waals surface area contributed by atoms with Crippen molar-refractivity contribution >= 4 is 17.4 Å². The summed E-state index contributed by atoms with van der Waals surface area (Å²) in [5.41, 5.74) is 11.7. The number of hydrogen-bond acceptors (Lipinski definition) is 4. The Kier molecular flexibility index (Phi) is 2.69. The Bertz CT molecular complexity index is 452. The molecule has 1 heterocycles. The molecule has 5 N–H and O–H groups in total. The fraction of sp³-hybridized carbons (Fsp3) is 0.500. The van der Waals surface area contributed by atoms with Gasteiger partial charge in [-0.2, -0.15) is 0 Å². The number of nitrogen functional groups attached to an aromatic ring is 1. The van der Waals surface area contributed by atoms with Gasteiger partial charge in [0.25, 0.3) is 5.91 Å². The van der Waals surface area contributed by atoms with Gasteiger partial charge in [0, 0.05) is 5.54 Å². The van der Waals surface area contributed by atoms with E-state index in [0.29, 0.717) is 17.4 Å². The Hall–Kier alpha value is -1.78. The van der Waals surface area contributed by atoms with Crippen LogP contribution in [0.4, 0.5) is 11.5 Å². The van der Waals surface area contributed by atoms with Gasteiger partial charge in [0.05, 0.1) is 5.69 Å². The maximum absolute atomic E-state index is 11.1. The molecule has 0 bridgehead atoms. The molecule has 0 spiro atoms. The lowest BCUT2D eigenvalue weighted by molar-refractivity contribution is 0.0995. The summed E-state index contributed by atoms with van der Waals surface area (Å²) < 4.78 is 0. The van der Waals surface area contributed by atoms with Crippen molar-refractivity contribution in [2.45, 2.75) is 32.2 Å². The molecule has 0 unspecified atom stereocenters. The zero-order valence-corrected chi connectivity index (χ0v) is 10.2. The quantitative estimate of drug-likeness (QED) is 0.733. The van der Waals surface area contributed by atoms with Gasteiger partial charge in [0.1, 0.15) is 5.69 Å². The van der Waals surface area contributed by atoms with E-state index < -0.39 is 5.91 Å². The number of carbonyl (C=O) groups is 1. The number of nitrogens with two attached hydrogens (primary N) is 2. The van der Waals surface area contributed by atoms with E-state index in [2.05, 4.69) is 24.1 Å². The molecule has 0 aliphatic heterocycles. The number of carbonyl (C=O) groups excluding carboxylic acids is 1. The first-order valence-corrected chi connectivity index (χ1v) is 5.74. The molecule has 1 aromatic rings. The van der Waals surface area contributed by atoms with E-state index in [1.165, 1.54) is 18.9 Å². The van der Waals surface area contributed by atoms with Crippen LogP contribution in [0.5, 0.6) is 0 Å². The summed E-state index contributed by atoms with van der Waals surface area (Å²) in [6.07, 6.45) is 2.44. The van der Waals surface area contributed by atoms with E-state index in [0.717, 1.165) is 0 Å². The van der Waals surface area contributed by atoms with E-state index in [1.807, 2.05) is 0 Å². The highest BCUT2D eigenvalue weighted by molar-refractivity contribution is 5.91. The number of hydrogen-bond donors (Lipinski definition) is 3. The molecule has 1 saturated carbocycles. The second-order valence-electron chi connectivity index (χ2n) is 5.12. The molecule has 2 rings (SSSR count). The molecule has 1 aliphatic carbocycles. The number of nitrogens with one attached hydrogen (secondary N) is 1. The minimum atomic E-state index is -0.544. The molecule has 92 valence electrons. The molecular weight excluding hydrogens is 216 g/mol. The van der Waals surface area contributed by atoms with Gasteiger partial charge in [-0.15, -0.1) is 0 Å². The van der Waals surface area contributed by atoms with Crippen molar-refractivity contribution in [3.8, 4) is 0 Å². The Balaban J connectivity index is 2.24. The first kappa shape index (κ1) is 11.7. The predicted octanol–water partition coefficient (Wildman–Crippen LogP) is 1.36. The van der Waals surface area contributed by atoms with Crippen molar-refractivity contribution in [3.05, 3.63) is 17.8 Å². The van der Waals surface area contributed by atoms with E-state index in [-0.39, 0.29) is 11.2 Å². The maximum Gasteiger partial charge on any atom is 0.267 e. The van der Waals surface area contributed by atoms with E-state index >= 15 is 0 Å². The molecule has 0 radical (unpaired) electrons. The molecule has 0 atom stereocenters. The lowest BCUT2D eigenvalue weighted by Crippen LogP contribution is -2.34. The highest BCUT2D eigenvalue weighted by atomic mass is 16.1. The Morgan fingerprint density at radius 3 is 2.65 bits per heavy atom. The number of aromatic nitrogens is 1. The highest BCUT2D eigenvalue weighted by Crippen LogP contribution is 2.41. The monoisotopic (exact) mass is 234 g/mol. The minimum absolute atomic E-state index is 0.0581. The fourth-order valence-electron chi connectivity index (χ4n) is 1.92. The molecular formula is C12H18N4O. The van der Waals surface area contributed by atoms with Crippen molar-refractivity contribution in [2.24, 2.45) is 11.7 Å². The summed E-state index contributed by atoms with van der Waals surface area (Å²) in [6.45, 7) is 4.23. The second-order valence-corrected chi connectivity index (χ2v) is 5.12. The number of anilines is 2. The summed E-state index contributed by atoms with van der Waals surface area (Å²) >= 11 is 0. The number of amides is 1. The standard InChI is InChI=1S/C12H18N4O/c1-12(2,7-3-4-7)16-11-8(13)5-6-9(15-11)10(14)17/h5-7H,3-4,13H2,1-2H3,(H2,14,17)(H,15,16). The van der Waals surface area contributed by atoms with Gasteiger partial charge in [-0.05, 0) is 44.7 Å². The predicted molar refractivity (Wildman–Crippen MR) is 67.6 cm³/mol. The summed E-state index contributed by atoms with van der Waals surface area (Å²) in [5, 5.41) is 3.30.